The number of ether oxygens (including phenoxy) is 1. The van der Waals surface area contributed by atoms with E-state index in [0.29, 0.717) is 30.2 Å². The summed E-state index contributed by atoms with van der Waals surface area (Å²) in [7, 11) is 1.57. The molecule has 0 fully saturated rings. The van der Waals surface area contributed by atoms with Crippen LogP contribution >= 0.6 is 0 Å². The van der Waals surface area contributed by atoms with Crippen molar-refractivity contribution in [3.05, 3.63) is 65.3 Å². The van der Waals surface area contributed by atoms with Crippen LogP contribution in [0.25, 0.3) is 11.5 Å². The van der Waals surface area contributed by atoms with E-state index in [1.807, 2.05) is 25.1 Å². The summed E-state index contributed by atoms with van der Waals surface area (Å²) in [6, 6.07) is 12.0. The molecule has 144 valence electrons. The minimum absolute atomic E-state index is 0.0169. The van der Waals surface area contributed by atoms with Crippen LogP contribution in [0.5, 0.6) is 5.75 Å². The predicted octanol–water partition coefficient (Wildman–Crippen LogP) is 3.40. The molecule has 0 saturated carbocycles. The number of hydrogen-bond acceptors (Lipinski definition) is 5. The second kappa shape index (κ2) is 7.42. The maximum atomic E-state index is 13.4. The van der Waals surface area contributed by atoms with Crippen LogP contribution in [0.2, 0.25) is 0 Å². The predicted molar refractivity (Wildman–Crippen MR) is 100 cm³/mol. The van der Waals surface area contributed by atoms with Crippen molar-refractivity contribution in [1.82, 2.24) is 15.1 Å². The van der Waals surface area contributed by atoms with E-state index in [1.165, 1.54) is 6.07 Å². The first-order chi connectivity index (χ1) is 13.5. The highest BCUT2D eigenvalue weighted by Crippen LogP contribution is 2.29. The number of rotatable bonds is 4. The minimum atomic E-state index is -0.250. The number of methoxy groups -OCH3 is 1. The topological polar surface area (TPSA) is 68.5 Å². The van der Waals surface area contributed by atoms with Crippen LogP contribution in [0.1, 0.15) is 23.9 Å². The van der Waals surface area contributed by atoms with E-state index < -0.39 is 0 Å². The van der Waals surface area contributed by atoms with Crippen LogP contribution in [0.15, 0.2) is 46.9 Å². The van der Waals surface area contributed by atoms with Gasteiger partial charge in [0.1, 0.15) is 18.0 Å². The van der Waals surface area contributed by atoms with Gasteiger partial charge in [-0.05, 0) is 48.7 Å². The third kappa shape index (κ3) is 3.47. The van der Waals surface area contributed by atoms with Gasteiger partial charge in [0.25, 0.3) is 5.89 Å². The Balaban J connectivity index is 1.50. The van der Waals surface area contributed by atoms with Crippen LogP contribution in [0.4, 0.5) is 4.39 Å². The number of carbonyl (C=O) groups is 1. The number of aromatic nitrogens is 2. The Bertz CT molecular complexity index is 1020. The van der Waals surface area contributed by atoms with Crippen LogP contribution in [-0.4, -0.2) is 34.2 Å². The molecule has 0 radical (unpaired) electrons. The summed E-state index contributed by atoms with van der Waals surface area (Å²) in [5.41, 5.74) is 2.60. The molecule has 1 amide bonds. The number of hydrogen-bond donors (Lipinski definition) is 0. The molecule has 1 aliphatic heterocycles. The first kappa shape index (κ1) is 18.2. The van der Waals surface area contributed by atoms with Gasteiger partial charge in [0, 0.05) is 12.6 Å². The molecule has 1 aliphatic rings. The quantitative estimate of drug-likeness (QED) is 0.693. The van der Waals surface area contributed by atoms with Crippen molar-refractivity contribution < 1.29 is 18.3 Å². The zero-order chi connectivity index (χ0) is 19.7. The standard InChI is InChI=1S/C21H20FN3O3/c1-13-9-15-10-16(22)8-7-14(15)12-25(13)20(26)11-19-23-24-21(28-19)17-5-3-4-6-18(17)27-2/h3-8,10,13H,9,11-12H2,1-2H3. The van der Waals surface area contributed by atoms with Crippen molar-refractivity contribution in [3.8, 4) is 17.2 Å². The van der Waals surface area contributed by atoms with Crippen molar-refractivity contribution in [2.24, 2.45) is 0 Å². The zero-order valence-corrected chi connectivity index (χ0v) is 15.7. The second-order valence-electron chi connectivity index (χ2n) is 6.87. The third-order valence-electron chi connectivity index (χ3n) is 4.98. The lowest BCUT2D eigenvalue weighted by Crippen LogP contribution is -2.43. The van der Waals surface area contributed by atoms with E-state index in [0.717, 1.165) is 11.1 Å². The summed E-state index contributed by atoms with van der Waals surface area (Å²) < 4.78 is 24.5. The Morgan fingerprint density at radius 3 is 2.89 bits per heavy atom. The smallest absolute Gasteiger partial charge is 0.251 e. The van der Waals surface area contributed by atoms with Crippen molar-refractivity contribution in [2.75, 3.05) is 7.11 Å². The van der Waals surface area contributed by atoms with Gasteiger partial charge < -0.3 is 14.1 Å². The van der Waals surface area contributed by atoms with E-state index in [1.54, 1.807) is 30.2 Å². The molecule has 28 heavy (non-hydrogen) atoms. The number of benzene rings is 2. The highest BCUT2D eigenvalue weighted by molar-refractivity contribution is 5.78. The van der Waals surface area contributed by atoms with Crippen molar-refractivity contribution in [1.29, 1.82) is 0 Å². The Morgan fingerprint density at radius 1 is 1.25 bits per heavy atom. The second-order valence-corrected chi connectivity index (χ2v) is 6.87. The van der Waals surface area contributed by atoms with Gasteiger partial charge >= 0.3 is 0 Å². The van der Waals surface area contributed by atoms with E-state index >= 15 is 0 Å². The molecule has 2 aromatic carbocycles. The fourth-order valence-electron chi connectivity index (χ4n) is 3.53. The molecule has 7 heteroatoms. The summed E-state index contributed by atoms with van der Waals surface area (Å²) in [6.45, 7) is 2.41. The fraction of sp³-hybridized carbons (Fsp3) is 0.286. The summed E-state index contributed by atoms with van der Waals surface area (Å²) in [6.07, 6.45) is 0.637. The molecule has 0 spiro atoms. The van der Waals surface area contributed by atoms with E-state index in [-0.39, 0.29) is 30.1 Å². The minimum Gasteiger partial charge on any atom is -0.496 e. The number of amides is 1. The van der Waals surface area contributed by atoms with Crippen LogP contribution < -0.4 is 4.74 Å². The molecule has 6 nitrogen and oxygen atoms in total. The first-order valence-corrected chi connectivity index (χ1v) is 9.07. The number of nitrogens with zero attached hydrogens (tertiary/aromatic N) is 3. The summed E-state index contributed by atoms with van der Waals surface area (Å²) in [5.74, 6) is 0.839. The largest absolute Gasteiger partial charge is 0.496 e. The number of halogens is 1. The molecule has 2 heterocycles. The number of carbonyl (C=O) groups excluding carboxylic acids is 1. The van der Waals surface area contributed by atoms with Gasteiger partial charge in [0.2, 0.25) is 11.8 Å². The van der Waals surface area contributed by atoms with Gasteiger partial charge in [-0.2, -0.15) is 0 Å². The van der Waals surface area contributed by atoms with Gasteiger partial charge in [0.05, 0.1) is 12.7 Å². The van der Waals surface area contributed by atoms with Gasteiger partial charge in [-0.1, -0.05) is 18.2 Å². The van der Waals surface area contributed by atoms with Crippen LogP contribution in [-0.2, 0) is 24.2 Å². The van der Waals surface area contributed by atoms with Crippen LogP contribution in [0.3, 0.4) is 0 Å². The molecule has 3 aromatic rings. The average Bonchev–Trinajstić information content (AvgIpc) is 3.15. The molecule has 1 unspecified atom stereocenters. The van der Waals surface area contributed by atoms with Gasteiger partial charge in [-0.3, -0.25) is 4.79 Å². The van der Waals surface area contributed by atoms with Crippen molar-refractivity contribution >= 4 is 5.91 Å². The van der Waals surface area contributed by atoms with Crippen molar-refractivity contribution in [2.45, 2.75) is 32.4 Å². The molecule has 1 atom stereocenters. The third-order valence-corrected chi connectivity index (χ3v) is 4.98. The lowest BCUT2D eigenvalue weighted by molar-refractivity contribution is -0.133. The fourth-order valence-corrected chi connectivity index (χ4v) is 3.53. The van der Waals surface area contributed by atoms with E-state index in [9.17, 15) is 9.18 Å². The molecular weight excluding hydrogens is 361 g/mol. The molecule has 0 bridgehead atoms. The van der Waals surface area contributed by atoms with E-state index in [2.05, 4.69) is 10.2 Å². The SMILES string of the molecule is COc1ccccc1-c1nnc(CC(=O)N2Cc3ccc(F)cc3CC2C)o1. The molecule has 0 N–H and O–H groups in total. The van der Waals surface area contributed by atoms with Crippen LogP contribution in [0, 0.1) is 5.82 Å². The average molecular weight is 381 g/mol. The molecule has 1 aromatic heterocycles. The summed E-state index contributed by atoms with van der Waals surface area (Å²) in [5, 5.41) is 8.06. The Kier molecular flexibility index (Phi) is 4.81. The normalized spacial score (nSPS) is 16.0. The number of para-hydroxylation sites is 1. The Morgan fingerprint density at radius 2 is 2.07 bits per heavy atom. The highest BCUT2D eigenvalue weighted by atomic mass is 19.1. The van der Waals surface area contributed by atoms with Gasteiger partial charge in [-0.25, -0.2) is 4.39 Å². The molecule has 4 rings (SSSR count). The van der Waals surface area contributed by atoms with E-state index in [4.69, 9.17) is 9.15 Å². The Labute approximate surface area is 161 Å². The first-order valence-electron chi connectivity index (χ1n) is 9.07. The monoisotopic (exact) mass is 381 g/mol. The molecular formula is C21H20FN3O3. The molecule has 0 aliphatic carbocycles. The zero-order valence-electron chi connectivity index (χ0n) is 15.7. The van der Waals surface area contributed by atoms with Gasteiger partial charge in [0.15, 0.2) is 0 Å². The lowest BCUT2D eigenvalue weighted by atomic mass is 9.94. The maximum Gasteiger partial charge on any atom is 0.251 e. The van der Waals surface area contributed by atoms with Crippen molar-refractivity contribution in [3.63, 3.8) is 0 Å². The summed E-state index contributed by atoms with van der Waals surface area (Å²) >= 11 is 0. The summed E-state index contributed by atoms with van der Waals surface area (Å²) in [4.78, 5) is 14.6. The Hall–Kier alpha value is -3.22. The highest BCUT2D eigenvalue weighted by Gasteiger charge is 2.28. The maximum absolute atomic E-state index is 13.4. The lowest BCUT2D eigenvalue weighted by Gasteiger charge is -2.34. The number of fused-ring (bicyclic) bond motifs is 1. The molecule has 0 saturated heterocycles. The van der Waals surface area contributed by atoms with Gasteiger partial charge in [-0.15, -0.1) is 10.2 Å².